The van der Waals surface area contributed by atoms with E-state index in [0.717, 1.165) is 0 Å². The Morgan fingerprint density at radius 2 is 1.81 bits per heavy atom. The van der Waals surface area contributed by atoms with Crippen LogP contribution in [0.1, 0.15) is 29.8 Å². The Balaban J connectivity index is 2.36. The number of nitrogens with zero attached hydrogens (tertiary/aromatic N) is 2. The minimum absolute atomic E-state index is 0.0675. The number of anilines is 1. The van der Waals surface area contributed by atoms with Crippen molar-refractivity contribution in [2.75, 3.05) is 18.4 Å². The Kier molecular flexibility index (Phi) is 6.29. The van der Waals surface area contributed by atoms with E-state index in [2.05, 4.69) is 5.32 Å². The number of carbonyl (C=O) groups is 1. The van der Waals surface area contributed by atoms with Gasteiger partial charge < -0.3 is 5.32 Å². The highest BCUT2D eigenvalue weighted by Gasteiger charge is 2.24. The van der Waals surface area contributed by atoms with E-state index >= 15 is 0 Å². The predicted octanol–water partition coefficient (Wildman–Crippen LogP) is 3.19. The lowest BCUT2D eigenvalue weighted by Crippen LogP contribution is -2.31. The molecular formula is C18H21N3O5S. The second-order valence-corrected chi connectivity index (χ2v) is 7.74. The van der Waals surface area contributed by atoms with Crippen LogP contribution in [0, 0.1) is 17.0 Å². The molecule has 27 heavy (non-hydrogen) atoms. The van der Waals surface area contributed by atoms with Crippen LogP contribution in [0.2, 0.25) is 0 Å². The van der Waals surface area contributed by atoms with E-state index < -0.39 is 20.9 Å². The van der Waals surface area contributed by atoms with E-state index in [1.165, 1.54) is 40.7 Å². The van der Waals surface area contributed by atoms with Gasteiger partial charge in [-0.15, -0.1) is 0 Å². The SMILES string of the molecule is CCN(CC)S(=O)(=O)c1cc(C(=O)Nc2cccc([N+](=O)[O-])c2)ccc1C. The van der Waals surface area contributed by atoms with E-state index in [-0.39, 0.29) is 21.8 Å². The summed E-state index contributed by atoms with van der Waals surface area (Å²) in [6.45, 7) is 5.80. The number of sulfonamides is 1. The molecule has 0 bridgehead atoms. The molecule has 2 aromatic carbocycles. The van der Waals surface area contributed by atoms with Crippen LogP contribution in [0.5, 0.6) is 0 Å². The highest BCUT2D eigenvalue weighted by Crippen LogP contribution is 2.23. The number of nitro benzene ring substituents is 1. The maximum atomic E-state index is 12.8. The van der Waals surface area contributed by atoms with Gasteiger partial charge in [-0.25, -0.2) is 8.42 Å². The van der Waals surface area contributed by atoms with Gasteiger partial charge in [0.1, 0.15) is 0 Å². The summed E-state index contributed by atoms with van der Waals surface area (Å²) in [6.07, 6.45) is 0. The molecule has 2 rings (SSSR count). The number of hydrogen-bond acceptors (Lipinski definition) is 5. The van der Waals surface area contributed by atoms with Gasteiger partial charge in [0.15, 0.2) is 0 Å². The van der Waals surface area contributed by atoms with Crippen LogP contribution in [0.25, 0.3) is 0 Å². The van der Waals surface area contributed by atoms with Crippen LogP contribution in [0.15, 0.2) is 47.4 Å². The van der Waals surface area contributed by atoms with Gasteiger partial charge in [-0.2, -0.15) is 4.31 Å². The fourth-order valence-corrected chi connectivity index (χ4v) is 4.33. The molecule has 1 amide bonds. The van der Waals surface area contributed by atoms with Crippen LogP contribution in [-0.2, 0) is 10.0 Å². The van der Waals surface area contributed by atoms with E-state index in [0.29, 0.717) is 18.7 Å². The predicted molar refractivity (Wildman–Crippen MR) is 102 cm³/mol. The second kappa shape index (κ2) is 8.28. The molecule has 0 unspecified atom stereocenters. The van der Waals surface area contributed by atoms with Gasteiger partial charge in [-0.3, -0.25) is 14.9 Å². The first-order valence-corrected chi connectivity index (χ1v) is 9.81. The molecule has 9 heteroatoms. The molecule has 1 N–H and O–H groups in total. The first-order chi connectivity index (χ1) is 12.7. The minimum atomic E-state index is -3.71. The average molecular weight is 391 g/mol. The van der Waals surface area contributed by atoms with Crippen molar-refractivity contribution < 1.29 is 18.1 Å². The van der Waals surface area contributed by atoms with E-state index in [4.69, 9.17) is 0 Å². The lowest BCUT2D eigenvalue weighted by Gasteiger charge is -2.20. The molecule has 0 atom stereocenters. The van der Waals surface area contributed by atoms with Crippen LogP contribution >= 0.6 is 0 Å². The number of hydrogen-bond donors (Lipinski definition) is 1. The van der Waals surface area contributed by atoms with Crippen LogP contribution < -0.4 is 5.32 Å². The van der Waals surface area contributed by atoms with Gasteiger partial charge in [0.05, 0.1) is 9.82 Å². The summed E-state index contributed by atoms with van der Waals surface area (Å²) in [5.41, 5.74) is 0.788. The summed E-state index contributed by atoms with van der Waals surface area (Å²) in [6, 6.07) is 9.94. The van der Waals surface area contributed by atoms with Gasteiger partial charge in [0, 0.05) is 36.5 Å². The molecule has 0 saturated heterocycles. The van der Waals surface area contributed by atoms with Gasteiger partial charge in [0.25, 0.3) is 11.6 Å². The molecule has 0 spiro atoms. The summed E-state index contributed by atoms with van der Waals surface area (Å²) in [7, 11) is -3.71. The summed E-state index contributed by atoms with van der Waals surface area (Å²) in [5, 5.41) is 13.4. The maximum absolute atomic E-state index is 12.8. The minimum Gasteiger partial charge on any atom is -0.322 e. The van der Waals surface area contributed by atoms with Crippen molar-refractivity contribution >= 4 is 27.3 Å². The molecule has 0 saturated carbocycles. The molecule has 0 aliphatic heterocycles. The molecule has 8 nitrogen and oxygen atoms in total. The summed E-state index contributed by atoms with van der Waals surface area (Å²) in [4.78, 5) is 22.9. The number of benzene rings is 2. The summed E-state index contributed by atoms with van der Waals surface area (Å²) >= 11 is 0. The van der Waals surface area contributed by atoms with Crippen molar-refractivity contribution in [2.45, 2.75) is 25.7 Å². The second-order valence-electron chi connectivity index (χ2n) is 5.83. The highest BCUT2D eigenvalue weighted by atomic mass is 32.2. The molecule has 0 heterocycles. The topological polar surface area (TPSA) is 110 Å². The normalized spacial score (nSPS) is 11.4. The van der Waals surface area contributed by atoms with Crippen molar-refractivity contribution in [1.29, 1.82) is 0 Å². The van der Waals surface area contributed by atoms with Crippen molar-refractivity contribution in [3.63, 3.8) is 0 Å². The van der Waals surface area contributed by atoms with Gasteiger partial charge in [0.2, 0.25) is 10.0 Å². The van der Waals surface area contributed by atoms with E-state index in [9.17, 15) is 23.3 Å². The third kappa shape index (κ3) is 4.50. The zero-order valence-electron chi connectivity index (χ0n) is 15.3. The number of non-ortho nitro benzene ring substituents is 1. The number of rotatable bonds is 7. The third-order valence-corrected chi connectivity index (χ3v) is 6.28. The van der Waals surface area contributed by atoms with Crippen molar-refractivity contribution in [1.82, 2.24) is 4.31 Å². The number of nitrogens with one attached hydrogen (secondary N) is 1. The number of amides is 1. The Hall–Kier alpha value is -2.78. The molecular weight excluding hydrogens is 370 g/mol. The monoisotopic (exact) mass is 391 g/mol. The van der Waals surface area contributed by atoms with Gasteiger partial charge >= 0.3 is 0 Å². The molecule has 0 fully saturated rings. The average Bonchev–Trinajstić information content (AvgIpc) is 2.62. The van der Waals surface area contributed by atoms with Crippen LogP contribution in [-0.4, -0.2) is 36.6 Å². The fraction of sp³-hybridized carbons (Fsp3) is 0.278. The Morgan fingerprint density at radius 1 is 1.15 bits per heavy atom. The first kappa shape index (κ1) is 20.5. The molecule has 0 aromatic heterocycles. The highest BCUT2D eigenvalue weighted by molar-refractivity contribution is 7.89. The number of aryl methyl sites for hydroxylation is 1. The maximum Gasteiger partial charge on any atom is 0.271 e. The lowest BCUT2D eigenvalue weighted by molar-refractivity contribution is -0.384. The van der Waals surface area contributed by atoms with Gasteiger partial charge in [-0.05, 0) is 30.7 Å². The number of carbonyl (C=O) groups excluding carboxylic acids is 1. The molecule has 144 valence electrons. The zero-order valence-corrected chi connectivity index (χ0v) is 16.1. The van der Waals surface area contributed by atoms with Crippen molar-refractivity contribution in [3.05, 3.63) is 63.7 Å². The van der Waals surface area contributed by atoms with E-state index in [1.54, 1.807) is 26.8 Å². The number of nitro groups is 1. The standard InChI is InChI=1S/C18H21N3O5S/c1-4-20(5-2)27(25,26)17-11-14(10-9-13(17)3)18(22)19-15-7-6-8-16(12-15)21(23)24/h6-12H,4-5H2,1-3H3,(H,19,22). The third-order valence-electron chi connectivity index (χ3n) is 4.09. The Morgan fingerprint density at radius 3 is 2.41 bits per heavy atom. The molecule has 2 aromatic rings. The molecule has 0 aliphatic rings. The quantitative estimate of drug-likeness (QED) is 0.576. The smallest absolute Gasteiger partial charge is 0.271 e. The summed E-state index contributed by atoms with van der Waals surface area (Å²) in [5.74, 6) is -0.550. The first-order valence-electron chi connectivity index (χ1n) is 8.37. The Labute approximate surface area is 158 Å². The summed E-state index contributed by atoms with van der Waals surface area (Å²) < 4.78 is 26.9. The van der Waals surface area contributed by atoms with Crippen LogP contribution in [0.4, 0.5) is 11.4 Å². The molecule has 0 radical (unpaired) electrons. The van der Waals surface area contributed by atoms with E-state index in [1.807, 2.05) is 0 Å². The fourth-order valence-electron chi connectivity index (χ4n) is 2.62. The zero-order chi connectivity index (χ0) is 20.2. The van der Waals surface area contributed by atoms with Gasteiger partial charge in [-0.1, -0.05) is 26.0 Å². The van der Waals surface area contributed by atoms with Crippen LogP contribution in [0.3, 0.4) is 0 Å². The Bertz CT molecular complexity index is 969. The molecule has 0 aliphatic carbocycles. The van der Waals surface area contributed by atoms with Crippen molar-refractivity contribution in [2.24, 2.45) is 0 Å². The lowest BCUT2D eigenvalue weighted by atomic mass is 10.1. The van der Waals surface area contributed by atoms with Crippen molar-refractivity contribution in [3.8, 4) is 0 Å². The largest absolute Gasteiger partial charge is 0.322 e.